The number of benzene rings is 1. The fraction of sp³-hybridized carbons (Fsp3) is 0.222. The maximum absolute atomic E-state index is 11.8. The van der Waals surface area contributed by atoms with Crippen molar-refractivity contribution in [2.24, 2.45) is 0 Å². The molecule has 0 radical (unpaired) electrons. The number of hydrogen-bond acceptors (Lipinski definition) is 3. The summed E-state index contributed by atoms with van der Waals surface area (Å²) in [5, 5.41) is 14.0. The zero-order valence-electron chi connectivity index (χ0n) is 8.82. The second-order valence-electron chi connectivity index (χ2n) is 3.23. The zero-order valence-corrected chi connectivity index (χ0v) is 8.82. The van der Waals surface area contributed by atoms with Gasteiger partial charge in [0.25, 0.3) is 5.69 Å². The van der Waals surface area contributed by atoms with Crippen LogP contribution in [-0.2, 0) is 0 Å². The summed E-state index contributed by atoms with van der Waals surface area (Å²) in [6, 6.07) is 3.64. The Kier molecular flexibility index (Phi) is 4.08. The molecule has 0 heterocycles. The van der Waals surface area contributed by atoms with Crippen molar-refractivity contribution in [2.75, 3.05) is 11.9 Å². The van der Waals surface area contributed by atoms with Crippen molar-refractivity contribution >= 4 is 17.4 Å². The summed E-state index contributed by atoms with van der Waals surface area (Å²) in [6.45, 7) is -1.45. The summed E-state index contributed by atoms with van der Waals surface area (Å²) in [4.78, 5) is 20.7. The van der Waals surface area contributed by atoms with Gasteiger partial charge in [-0.25, -0.2) is 4.79 Å². The van der Waals surface area contributed by atoms with Gasteiger partial charge in [-0.1, -0.05) is 0 Å². The van der Waals surface area contributed by atoms with Crippen LogP contribution >= 0.6 is 0 Å². The Labute approximate surface area is 98.9 Å². The fourth-order valence-electron chi connectivity index (χ4n) is 1.02. The van der Waals surface area contributed by atoms with Crippen molar-refractivity contribution in [3.8, 4) is 0 Å². The number of nitrogens with zero attached hydrogens (tertiary/aromatic N) is 1. The average Bonchev–Trinajstić information content (AvgIpc) is 2.26. The first-order valence-electron chi connectivity index (χ1n) is 4.64. The molecule has 2 amide bonds. The van der Waals surface area contributed by atoms with E-state index in [0.717, 1.165) is 12.1 Å². The van der Waals surface area contributed by atoms with Crippen molar-refractivity contribution in [3.63, 3.8) is 0 Å². The average molecular weight is 263 g/mol. The number of alkyl halides is 3. The third-order valence-corrected chi connectivity index (χ3v) is 1.79. The van der Waals surface area contributed by atoms with Crippen molar-refractivity contribution in [1.29, 1.82) is 0 Å². The molecule has 2 N–H and O–H groups in total. The molecule has 98 valence electrons. The lowest BCUT2D eigenvalue weighted by Crippen LogP contribution is -2.36. The molecule has 0 unspecified atom stereocenters. The molecule has 6 nitrogen and oxygen atoms in total. The first-order valence-corrected chi connectivity index (χ1v) is 4.64. The zero-order chi connectivity index (χ0) is 13.8. The monoisotopic (exact) mass is 263 g/mol. The van der Waals surface area contributed by atoms with Crippen LogP contribution < -0.4 is 10.6 Å². The third kappa shape index (κ3) is 4.68. The van der Waals surface area contributed by atoms with Crippen LogP contribution in [0, 0.1) is 10.1 Å². The molecule has 0 fully saturated rings. The summed E-state index contributed by atoms with van der Waals surface area (Å²) in [6.07, 6.45) is -4.49. The van der Waals surface area contributed by atoms with Crippen LogP contribution in [0.1, 0.15) is 0 Å². The van der Waals surface area contributed by atoms with Gasteiger partial charge in [0, 0.05) is 17.8 Å². The highest BCUT2D eigenvalue weighted by Gasteiger charge is 2.27. The molecule has 0 saturated heterocycles. The Hall–Kier alpha value is -2.32. The van der Waals surface area contributed by atoms with Crippen LogP contribution in [-0.4, -0.2) is 23.7 Å². The van der Waals surface area contributed by atoms with E-state index in [0.29, 0.717) is 0 Å². The lowest BCUT2D eigenvalue weighted by atomic mass is 10.3. The highest BCUT2D eigenvalue weighted by Crippen LogP contribution is 2.15. The number of non-ortho nitro benzene ring substituents is 1. The van der Waals surface area contributed by atoms with E-state index in [-0.39, 0.29) is 11.4 Å². The van der Waals surface area contributed by atoms with Gasteiger partial charge in [0.1, 0.15) is 6.54 Å². The lowest BCUT2D eigenvalue weighted by molar-refractivity contribution is -0.384. The van der Waals surface area contributed by atoms with E-state index in [2.05, 4.69) is 5.32 Å². The Morgan fingerprint density at radius 2 is 1.83 bits per heavy atom. The van der Waals surface area contributed by atoms with E-state index in [1.54, 1.807) is 5.32 Å². The van der Waals surface area contributed by atoms with Gasteiger partial charge in [-0.3, -0.25) is 10.1 Å². The van der Waals surface area contributed by atoms with Gasteiger partial charge in [0.15, 0.2) is 0 Å². The Morgan fingerprint density at radius 1 is 1.28 bits per heavy atom. The molecule has 1 aromatic rings. The molecule has 0 aliphatic heterocycles. The van der Waals surface area contributed by atoms with E-state index >= 15 is 0 Å². The van der Waals surface area contributed by atoms with Gasteiger partial charge in [-0.2, -0.15) is 13.2 Å². The fourth-order valence-corrected chi connectivity index (χ4v) is 1.02. The van der Waals surface area contributed by atoms with Crippen LogP contribution in [0.4, 0.5) is 29.3 Å². The second-order valence-corrected chi connectivity index (χ2v) is 3.23. The molecule has 0 atom stereocenters. The SMILES string of the molecule is O=C(NCC(F)(F)F)Nc1ccc([N+](=O)[O-])cc1. The summed E-state index contributed by atoms with van der Waals surface area (Å²) >= 11 is 0. The molecule has 0 aromatic heterocycles. The summed E-state index contributed by atoms with van der Waals surface area (Å²) < 4.78 is 35.3. The summed E-state index contributed by atoms with van der Waals surface area (Å²) in [5.74, 6) is 0. The van der Waals surface area contributed by atoms with Crippen molar-refractivity contribution in [3.05, 3.63) is 34.4 Å². The Bertz CT molecular complexity index is 445. The number of hydrogen-bond donors (Lipinski definition) is 2. The van der Waals surface area contributed by atoms with Crippen LogP contribution in [0.3, 0.4) is 0 Å². The molecule has 18 heavy (non-hydrogen) atoms. The third-order valence-electron chi connectivity index (χ3n) is 1.79. The van der Waals surface area contributed by atoms with Crippen LogP contribution in [0.5, 0.6) is 0 Å². The van der Waals surface area contributed by atoms with Gasteiger partial charge < -0.3 is 10.6 Å². The van der Waals surface area contributed by atoms with E-state index in [1.807, 2.05) is 0 Å². The largest absolute Gasteiger partial charge is 0.405 e. The number of carbonyl (C=O) groups excluding carboxylic acids is 1. The predicted molar refractivity (Wildman–Crippen MR) is 56.2 cm³/mol. The van der Waals surface area contributed by atoms with Gasteiger partial charge >= 0.3 is 12.2 Å². The minimum absolute atomic E-state index is 0.153. The molecule has 1 rings (SSSR count). The van der Waals surface area contributed by atoms with Crippen molar-refractivity contribution < 1.29 is 22.9 Å². The molecular formula is C9H8F3N3O3. The number of nitro groups is 1. The summed E-state index contributed by atoms with van der Waals surface area (Å²) in [5.41, 5.74) is -0.0310. The number of rotatable bonds is 3. The van der Waals surface area contributed by atoms with Crippen molar-refractivity contribution in [1.82, 2.24) is 5.32 Å². The van der Waals surface area contributed by atoms with E-state index in [9.17, 15) is 28.1 Å². The van der Waals surface area contributed by atoms with Crippen LogP contribution in [0.2, 0.25) is 0 Å². The van der Waals surface area contributed by atoms with Gasteiger partial charge in [0.2, 0.25) is 0 Å². The first-order chi connectivity index (χ1) is 8.28. The molecular weight excluding hydrogens is 255 g/mol. The minimum atomic E-state index is -4.49. The van der Waals surface area contributed by atoms with Crippen LogP contribution in [0.15, 0.2) is 24.3 Å². The van der Waals surface area contributed by atoms with Gasteiger partial charge in [0.05, 0.1) is 4.92 Å². The number of halogens is 3. The topological polar surface area (TPSA) is 84.3 Å². The molecule has 0 aliphatic rings. The molecule has 1 aromatic carbocycles. The standard InChI is InChI=1S/C9H8F3N3O3/c10-9(11,12)5-13-8(16)14-6-1-3-7(4-2-6)15(17)18/h1-4H,5H2,(H2,13,14,16). The van der Waals surface area contributed by atoms with Gasteiger partial charge in [-0.05, 0) is 12.1 Å². The lowest BCUT2D eigenvalue weighted by Gasteiger charge is -2.09. The quantitative estimate of drug-likeness (QED) is 0.648. The van der Waals surface area contributed by atoms with E-state index < -0.39 is 23.7 Å². The highest BCUT2D eigenvalue weighted by atomic mass is 19.4. The number of urea groups is 1. The Balaban J connectivity index is 2.52. The van der Waals surface area contributed by atoms with Gasteiger partial charge in [-0.15, -0.1) is 0 Å². The number of carbonyl (C=O) groups is 1. The van der Waals surface area contributed by atoms with E-state index in [1.165, 1.54) is 12.1 Å². The molecule has 0 spiro atoms. The molecule has 0 bridgehead atoms. The maximum atomic E-state index is 11.8. The predicted octanol–water partition coefficient (Wildman–Crippen LogP) is 2.28. The van der Waals surface area contributed by atoms with Crippen LogP contribution in [0.25, 0.3) is 0 Å². The number of anilines is 1. The molecule has 9 heteroatoms. The maximum Gasteiger partial charge on any atom is 0.405 e. The summed E-state index contributed by atoms with van der Waals surface area (Å²) in [7, 11) is 0. The molecule has 0 aliphatic carbocycles. The first kappa shape index (κ1) is 13.7. The smallest absolute Gasteiger partial charge is 0.329 e. The second kappa shape index (κ2) is 5.34. The van der Waals surface area contributed by atoms with E-state index in [4.69, 9.17) is 0 Å². The normalized spacial score (nSPS) is 10.8. The highest BCUT2D eigenvalue weighted by molar-refractivity contribution is 5.89. The number of nitrogens with one attached hydrogen (secondary N) is 2. The van der Waals surface area contributed by atoms with Crippen molar-refractivity contribution in [2.45, 2.75) is 6.18 Å². The molecule has 0 saturated carbocycles. The number of amides is 2. The Morgan fingerprint density at radius 3 is 2.28 bits per heavy atom. The minimum Gasteiger partial charge on any atom is -0.329 e. The number of nitro benzene ring substituents is 1.